The largest absolute Gasteiger partial charge is 0.298 e. The smallest absolute Gasteiger partial charge is 0.261 e. The first-order chi connectivity index (χ1) is 9.74. The van der Waals surface area contributed by atoms with Crippen LogP contribution in [-0.4, -0.2) is 14.5 Å². The lowest BCUT2D eigenvalue weighted by molar-refractivity contribution is 0.654. The fourth-order valence-electron chi connectivity index (χ4n) is 2.07. The van der Waals surface area contributed by atoms with Gasteiger partial charge < -0.3 is 0 Å². The lowest BCUT2D eigenvalue weighted by Crippen LogP contribution is -2.21. The molecule has 100 valence electrons. The number of hydrogen-bond donors (Lipinski definition) is 0. The quantitative estimate of drug-likeness (QED) is 0.742. The zero-order valence-corrected chi connectivity index (χ0v) is 12.2. The Balaban J connectivity index is 1.92. The number of halogens is 1. The van der Waals surface area contributed by atoms with Crippen LogP contribution in [0.25, 0.3) is 10.9 Å². The van der Waals surface area contributed by atoms with Crippen molar-refractivity contribution >= 4 is 26.8 Å². The second-order valence-electron chi connectivity index (χ2n) is 4.48. The number of fused-ring (bicyclic) bond motifs is 1. The molecule has 3 rings (SSSR count). The van der Waals surface area contributed by atoms with E-state index in [1.165, 1.54) is 0 Å². The zero-order chi connectivity index (χ0) is 13.9. The summed E-state index contributed by atoms with van der Waals surface area (Å²) >= 11 is 3.38. The van der Waals surface area contributed by atoms with E-state index < -0.39 is 0 Å². The molecule has 2 aromatic heterocycles. The Bertz CT molecular complexity index is 799. The van der Waals surface area contributed by atoms with E-state index in [4.69, 9.17) is 0 Å². The molecule has 0 N–H and O–H groups in total. The molecule has 0 aliphatic carbocycles. The number of rotatable bonds is 3. The van der Waals surface area contributed by atoms with Crippen molar-refractivity contribution in [2.45, 2.75) is 13.0 Å². The van der Waals surface area contributed by atoms with E-state index in [1.54, 1.807) is 17.1 Å². The Morgan fingerprint density at radius 3 is 2.85 bits per heavy atom. The van der Waals surface area contributed by atoms with E-state index >= 15 is 0 Å². The summed E-state index contributed by atoms with van der Waals surface area (Å²) in [5.41, 5.74) is 1.66. The predicted molar refractivity (Wildman–Crippen MR) is 81.6 cm³/mol. The molecule has 0 bridgehead atoms. The lowest BCUT2D eigenvalue weighted by atomic mass is 10.2. The van der Waals surface area contributed by atoms with Crippen molar-refractivity contribution in [3.05, 3.63) is 69.4 Å². The van der Waals surface area contributed by atoms with Crippen molar-refractivity contribution in [3.63, 3.8) is 0 Å². The van der Waals surface area contributed by atoms with E-state index in [-0.39, 0.29) is 5.56 Å². The molecule has 20 heavy (non-hydrogen) atoms. The molecule has 0 spiro atoms. The van der Waals surface area contributed by atoms with Crippen LogP contribution in [-0.2, 0) is 13.0 Å². The Kier molecular flexibility index (Phi) is 3.60. The second-order valence-corrected chi connectivity index (χ2v) is 5.39. The highest BCUT2D eigenvalue weighted by Crippen LogP contribution is 2.14. The van der Waals surface area contributed by atoms with Gasteiger partial charge >= 0.3 is 0 Å². The molecule has 0 amide bonds. The van der Waals surface area contributed by atoms with Gasteiger partial charge in [0.15, 0.2) is 0 Å². The molecule has 0 aliphatic rings. The fourth-order valence-corrected chi connectivity index (χ4v) is 2.43. The molecule has 4 nitrogen and oxygen atoms in total. The summed E-state index contributed by atoms with van der Waals surface area (Å²) in [7, 11) is 0. The van der Waals surface area contributed by atoms with Gasteiger partial charge in [0, 0.05) is 29.3 Å². The first-order valence-electron chi connectivity index (χ1n) is 6.29. The van der Waals surface area contributed by atoms with Gasteiger partial charge in [0.05, 0.1) is 17.2 Å². The molecule has 1 aromatic carbocycles. The number of hydrogen-bond acceptors (Lipinski definition) is 3. The van der Waals surface area contributed by atoms with Crippen LogP contribution in [0.2, 0.25) is 0 Å². The van der Waals surface area contributed by atoms with Gasteiger partial charge in [-0.15, -0.1) is 0 Å². The van der Waals surface area contributed by atoms with Crippen molar-refractivity contribution in [1.82, 2.24) is 14.5 Å². The standard InChI is InChI=1S/C15H12BrN3O/c16-11-4-5-14-13(9-11)15(20)19(10-18-14)8-6-12-3-1-2-7-17-12/h1-5,7,9-10H,6,8H2. The van der Waals surface area contributed by atoms with E-state index in [9.17, 15) is 4.79 Å². The van der Waals surface area contributed by atoms with Gasteiger partial charge in [0.25, 0.3) is 5.56 Å². The van der Waals surface area contributed by atoms with Gasteiger partial charge in [-0.2, -0.15) is 0 Å². The summed E-state index contributed by atoms with van der Waals surface area (Å²) in [6.07, 6.45) is 4.07. The molecular weight excluding hydrogens is 318 g/mol. The highest BCUT2D eigenvalue weighted by atomic mass is 79.9. The number of pyridine rings is 1. The van der Waals surface area contributed by atoms with Crippen molar-refractivity contribution < 1.29 is 0 Å². The maximum atomic E-state index is 12.4. The van der Waals surface area contributed by atoms with Crippen LogP contribution >= 0.6 is 15.9 Å². The van der Waals surface area contributed by atoms with Crippen molar-refractivity contribution in [1.29, 1.82) is 0 Å². The van der Waals surface area contributed by atoms with Crippen LogP contribution in [0.1, 0.15) is 5.69 Å². The minimum absolute atomic E-state index is 0.0211. The maximum Gasteiger partial charge on any atom is 0.261 e. The Hall–Kier alpha value is -2.01. The number of aryl methyl sites for hydroxylation is 2. The molecule has 0 saturated carbocycles. The lowest BCUT2D eigenvalue weighted by Gasteiger charge is -2.06. The van der Waals surface area contributed by atoms with Gasteiger partial charge in [0.1, 0.15) is 0 Å². The topological polar surface area (TPSA) is 47.8 Å². The normalized spacial score (nSPS) is 10.8. The molecule has 5 heteroatoms. The maximum absolute atomic E-state index is 12.4. The Morgan fingerprint density at radius 1 is 1.15 bits per heavy atom. The highest BCUT2D eigenvalue weighted by molar-refractivity contribution is 9.10. The number of nitrogens with zero attached hydrogens (tertiary/aromatic N) is 3. The summed E-state index contributed by atoms with van der Waals surface area (Å²) in [5, 5.41) is 0.628. The first-order valence-corrected chi connectivity index (χ1v) is 7.08. The van der Waals surface area contributed by atoms with E-state index in [0.29, 0.717) is 23.9 Å². The molecule has 0 atom stereocenters. The molecule has 3 aromatic rings. The van der Waals surface area contributed by atoms with Gasteiger partial charge in [0.2, 0.25) is 0 Å². The van der Waals surface area contributed by atoms with E-state index in [2.05, 4.69) is 25.9 Å². The number of aromatic nitrogens is 3. The van der Waals surface area contributed by atoms with Gasteiger partial charge in [-0.05, 0) is 30.3 Å². The van der Waals surface area contributed by atoms with Crippen LogP contribution < -0.4 is 5.56 Å². The molecule has 0 saturated heterocycles. The number of benzene rings is 1. The average Bonchev–Trinajstić information content (AvgIpc) is 2.48. The fraction of sp³-hybridized carbons (Fsp3) is 0.133. The van der Waals surface area contributed by atoms with Gasteiger partial charge in [-0.3, -0.25) is 14.3 Å². The van der Waals surface area contributed by atoms with Crippen LogP contribution in [0.5, 0.6) is 0 Å². The highest BCUT2D eigenvalue weighted by Gasteiger charge is 2.05. The van der Waals surface area contributed by atoms with Crippen LogP contribution in [0.15, 0.2) is 58.2 Å². The van der Waals surface area contributed by atoms with Crippen molar-refractivity contribution in [2.24, 2.45) is 0 Å². The molecule has 0 unspecified atom stereocenters. The third-order valence-corrected chi connectivity index (χ3v) is 3.61. The van der Waals surface area contributed by atoms with Crippen LogP contribution in [0.4, 0.5) is 0 Å². The zero-order valence-electron chi connectivity index (χ0n) is 10.7. The Morgan fingerprint density at radius 2 is 2.05 bits per heavy atom. The minimum Gasteiger partial charge on any atom is -0.298 e. The predicted octanol–water partition coefficient (Wildman–Crippen LogP) is 2.80. The molecule has 0 aliphatic heterocycles. The first kappa shape index (κ1) is 13.0. The summed E-state index contributed by atoms with van der Waals surface area (Å²) < 4.78 is 2.51. The van der Waals surface area contributed by atoms with Gasteiger partial charge in [-0.25, -0.2) is 4.98 Å². The molecular formula is C15H12BrN3O. The summed E-state index contributed by atoms with van der Waals surface area (Å²) in [6, 6.07) is 11.3. The van der Waals surface area contributed by atoms with E-state index in [0.717, 1.165) is 10.2 Å². The van der Waals surface area contributed by atoms with Crippen molar-refractivity contribution in [2.75, 3.05) is 0 Å². The SMILES string of the molecule is O=c1c2cc(Br)ccc2ncn1CCc1ccccn1. The summed E-state index contributed by atoms with van der Waals surface area (Å²) in [5.74, 6) is 0. The third kappa shape index (κ3) is 2.63. The molecule has 0 radical (unpaired) electrons. The monoisotopic (exact) mass is 329 g/mol. The minimum atomic E-state index is -0.0211. The van der Waals surface area contributed by atoms with Crippen LogP contribution in [0.3, 0.4) is 0 Å². The van der Waals surface area contributed by atoms with E-state index in [1.807, 2.05) is 36.4 Å². The summed E-state index contributed by atoms with van der Waals surface area (Å²) in [4.78, 5) is 21.0. The average molecular weight is 330 g/mol. The third-order valence-electron chi connectivity index (χ3n) is 3.12. The summed E-state index contributed by atoms with van der Waals surface area (Å²) in [6.45, 7) is 0.575. The Labute approximate surface area is 124 Å². The van der Waals surface area contributed by atoms with Crippen LogP contribution in [0, 0.1) is 0 Å². The van der Waals surface area contributed by atoms with Gasteiger partial charge in [-0.1, -0.05) is 22.0 Å². The second kappa shape index (κ2) is 5.54. The molecule has 2 heterocycles. The van der Waals surface area contributed by atoms with Crippen molar-refractivity contribution in [3.8, 4) is 0 Å². The molecule has 0 fully saturated rings.